The van der Waals surface area contributed by atoms with Crippen molar-refractivity contribution in [3.05, 3.63) is 52.5 Å². The number of hydrogen-bond donors (Lipinski definition) is 2. The maximum absolute atomic E-state index is 12.6. The SMILES string of the molecule is O=C(COc1ccc(S(=O)(=O)Nc2cc(Cl)cc(Cl)c2)cc1)NC1CCCCCCC1. The highest BCUT2D eigenvalue weighted by Gasteiger charge is 2.16. The standard InChI is InChI=1S/C22H26Cl2N2O4S/c23-16-12-17(24)14-19(13-16)26-31(28,29)21-10-8-20(9-11-21)30-15-22(27)25-18-6-4-2-1-3-5-7-18/h8-14,18,26H,1-7,15H2,(H,25,27). The number of anilines is 1. The predicted molar refractivity (Wildman–Crippen MR) is 123 cm³/mol. The zero-order valence-electron chi connectivity index (χ0n) is 17.1. The molecule has 0 atom stereocenters. The van der Waals surface area contributed by atoms with Gasteiger partial charge in [0.15, 0.2) is 6.61 Å². The molecule has 1 amide bonds. The van der Waals surface area contributed by atoms with Crippen molar-refractivity contribution in [2.24, 2.45) is 0 Å². The average molecular weight is 485 g/mol. The first-order chi connectivity index (χ1) is 14.8. The van der Waals surface area contributed by atoms with Crippen molar-refractivity contribution in [3.63, 3.8) is 0 Å². The van der Waals surface area contributed by atoms with Crippen molar-refractivity contribution in [3.8, 4) is 5.75 Å². The minimum Gasteiger partial charge on any atom is -0.484 e. The van der Waals surface area contributed by atoms with Crippen LogP contribution in [0.15, 0.2) is 47.4 Å². The number of sulfonamides is 1. The Labute approximate surface area is 193 Å². The molecule has 0 aromatic heterocycles. The fourth-order valence-corrected chi connectivity index (χ4v) is 5.13. The minimum absolute atomic E-state index is 0.0509. The number of ether oxygens (including phenoxy) is 1. The van der Waals surface area contributed by atoms with E-state index < -0.39 is 10.0 Å². The van der Waals surface area contributed by atoms with E-state index in [1.54, 1.807) is 0 Å². The monoisotopic (exact) mass is 484 g/mol. The molecule has 1 aliphatic carbocycles. The van der Waals surface area contributed by atoms with Crippen LogP contribution in [0.4, 0.5) is 5.69 Å². The average Bonchev–Trinajstić information content (AvgIpc) is 2.67. The van der Waals surface area contributed by atoms with E-state index in [1.807, 2.05) is 0 Å². The van der Waals surface area contributed by atoms with Crippen molar-refractivity contribution in [1.29, 1.82) is 0 Å². The summed E-state index contributed by atoms with van der Waals surface area (Å²) in [4.78, 5) is 12.3. The fourth-order valence-electron chi connectivity index (χ4n) is 3.56. The van der Waals surface area contributed by atoms with Gasteiger partial charge in [-0.05, 0) is 55.3 Å². The topological polar surface area (TPSA) is 84.5 Å². The molecule has 1 fully saturated rings. The highest BCUT2D eigenvalue weighted by molar-refractivity contribution is 7.92. The normalized spacial score (nSPS) is 15.5. The summed E-state index contributed by atoms with van der Waals surface area (Å²) in [6.07, 6.45) is 7.99. The molecule has 2 aromatic rings. The summed E-state index contributed by atoms with van der Waals surface area (Å²) < 4.78 is 33.1. The van der Waals surface area contributed by atoms with Gasteiger partial charge in [0.25, 0.3) is 15.9 Å². The van der Waals surface area contributed by atoms with Gasteiger partial charge in [0.1, 0.15) is 5.75 Å². The summed E-state index contributed by atoms with van der Waals surface area (Å²) in [6.45, 7) is -0.109. The molecular weight excluding hydrogens is 459 g/mol. The van der Waals surface area contributed by atoms with Crippen molar-refractivity contribution >= 4 is 44.8 Å². The Morgan fingerprint density at radius 2 is 1.52 bits per heavy atom. The van der Waals surface area contributed by atoms with E-state index in [0.717, 1.165) is 25.7 Å². The lowest BCUT2D eigenvalue weighted by molar-refractivity contribution is -0.123. The molecule has 0 heterocycles. The zero-order valence-corrected chi connectivity index (χ0v) is 19.4. The molecule has 2 aromatic carbocycles. The molecule has 168 valence electrons. The zero-order chi connectivity index (χ0) is 22.3. The molecule has 0 spiro atoms. The molecule has 0 bridgehead atoms. The van der Waals surface area contributed by atoms with E-state index in [-0.39, 0.29) is 29.1 Å². The van der Waals surface area contributed by atoms with Crippen molar-refractivity contribution in [1.82, 2.24) is 5.32 Å². The first-order valence-corrected chi connectivity index (χ1v) is 12.6. The lowest BCUT2D eigenvalue weighted by atomic mass is 9.97. The van der Waals surface area contributed by atoms with Gasteiger partial charge in [-0.15, -0.1) is 0 Å². The molecule has 3 rings (SSSR count). The van der Waals surface area contributed by atoms with E-state index in [4.69, 9.17) is 27.9 Å². The highest BCUT2D eigenvalue weighted by Crippen LogP contribution is 2.25. The van der Waals surface area contributed by atoms with Gasteiger partial charge >= 0.3 is 0 Å². The number of amides is 1. The van der Waals surface area contributed by atoms with Crippen LogP contribution in [0.2, 0.25) is 10.0 Å². The van der Waals surface area contributed by atoms with E-state index in [0.29, 0.717) is 15.8 Å². The first-order valence-electron chi connectivity index (χ1n) is 10.3. The van der Waals surface area contributed by atoms with Crippen molar-refractivity contribution in [2.45, 2.75) is 55.9 Å². The Morgan fingerprint density at radius 1 is 0.935 bits per heavy atom. The van der Waals surface area contributed by atoms with E-state index in [1.165, 1.54) is 61.7 Å². The Balaban J connectivity index is 1.53. The van der Waals surface area contributed by atoms with Crippen LogP contribution < -0.4 is 14.8 Å². The molecule has 0 radical (unpaired) electrons. The van der Waals surface area contributed by atoms with Gasteiger partial charge in [-0.1, -0.05) is 55.3 Å². The summed E-state index contributed by atoms with van der Waals surface area (Å²) >= 11 is 11.8. The predicted octanol–water partition coefficient (Wildman–Crippen LogP) is 5.40. The molecule has 31 heavy (non-hydrogen) atoms. The number of benzene rings is 2. The van der Waals surface area contributed by atoms with Crippen LogP contribution in [-0.2, 0) is 14.8 Å². The van der Waals surface area contributed by atoms with Gasteiger partial charge in [-0.3, -0.25) is 9.52 Å². The fraction of sp³-hybridized carbons (Fsp3) is 0.409. The number of nitrogens with one attached hydrogen (secondary N) is 2. The maximum atomic E-state index is 12.6. The van der Waals surface area contributed by atoms with Gasteiger partial charge in [-0.2, -0.15) is 0 Å². The largest absolute Gasteiger partial charge is 0.484 e. The number of hydrogen-bond acceptors (Lipinski definition) is 4. The van der Waals surface area contributed by atoms with E-state index in [9.17, 15) is 13.2 Å². The molecule has 0 unspecified atom stereocenters. The minimum atomic E-state index is -3.82. The van der Waals surface area contributed by atoms with Gasteiger partial charge < -0.3 is 10.1 Å². The van der Waals surface area contributed by atoms with Gasteiger partial charge in [0.05, 0.1) is 10.6 Å². The van der Waals surface area contributed by atoms with Crippen LogP contribution >= 0.6 is 23.2 Å². The van der Waals surface area contributed by atoms with Crippen LogP contribution in [0.3, 0.4) is 0 Å². The van der Waals surface area contributed by atoms with E-state index in [2.05, 4.69) is 10.0 Å². The maximum Gasteiger partial charge on any atom is 0.261 e. The molecule has 0 aliphatic heterocycles. The summed E-state index contributed by atoms with van der Waals surface area (Å²) in [5.41, 5.74) is 0.267. The first kappa shape index (κ1) is 23.7. The van der Waals surface area contributed by atoms with Crippen LogP contribution in [0, 0.1) is 0 Å². The number of halogens is 2. The lowest BCUT2D eigenvalue weighted by Gasteiger charge is -2.21. The molecule has 6 nitrogen and oxygen atoms in total. The third-order valence-corrected chi connectivity index (χ3v) is 6.92. The number of carbonyl (C=O) groups is 1. The van der Waals surface area contributed by atoms with E-state index >= 15 is 0 Å². The molecule has 1 aliphatic rings. The van der Waals surface area contributed by atoms with Crippen LogP contribution in [-0.4, -0.2) is 27.0 Å². The summed E-state index contributed by atoms with van der Waals surface area (Å²) in [6, 6.07) is 10.5. The molecule has 1 saturated carbocycles. The van der Waals surface area contributed by atoms with Gasteiger partial charge in [0.2, 0.25) is 0 Å². The Hall–Kier alpha value is -1.96. The highest BCUT2D eigenvalue weighted by atomic mass is 35.5. The van der Waals surface area contributed by atoms with Gasteiger partial charge in [-0.25, -0.2) is 8.42 Å². The van der Waals surface area contributed by atoms with Crippen LogP contribution in [0.5, 0.6) is 5.75 Å². The van der Waals surface area contributed by atoms with Gasteiger partial charge in [0, 0.05) is 16.1 Å². The van der Waals surface area contributed by atoms with Crippen molar-refractivity contribution in [2.75, 3.05) is 11.3 Å². The Kier molecular flexibility index (Phi) is 8.46. The summed E-state index contributed by atoms with van der Waals surface area (Å²) in [5.74, 6) is 0.249. The number of rotatable bonds is 7. The number of carbonyl (C=O) groups excluding carboxylic acids is 1. The Morgan fingerprint density at radius 3 is 2.13 bits per heavy atom. The second-order valence-corrected chi connectivity index (χ2v) is 10.2. The molecule has 2 N–H and O–H groups in total. The Bertz CT molecular complexity index is 969. The quantitative estimate of drug-likeness (QED) is 0.550. The van der Waals surface area contributed by atoms with Crippen LogP contribution in [0.1, 0.15) is 44.9 Å². The van der Waals surface area contributed by atoms with Crippen molar-refractivity contribution < 1.29 is 17.9 Å². The third-order valence-electron chi connectivity index (χ3n) is 5.09. The smallest absolute Gasteiger partial charge is 0.261 e. The van der Waals surface area contributed by atoms with Crippen LogP contribution in [0.25, 0.3) is 0 Å². The molecular formula is C22H26Cl2N2O4S. The molecule has 9 heteroatoms. The third kappa shape index (κ3) is 7.59. The summed E-state index contributed by atoms with van der Waals surface area (Å²) in [7, 11) is -3.82. The summed E-state index contributed by atoms with van der Waals surface area (Å²) in [5, 5.41) is 3.69. The second-order valence-electron chi connectivity index (χ2n) is 7.63. The second kappa shape index (κ2) is 11.1. The molecule has 0 saturated heterocycles. The lowest BCUT2D eigenvalue weighted by Crippen LogP contribution is -2.38.